The summed E-state index contributed by atoms with van der Waals surface area (Å²) in [7, 11) is 0. The third-order valence-corrected chi connectivity index (χ3v) is 5.91. The summed E-state index contributed by atoms with van der Waals surface area (Å²) in [4.78, 5) is 28.0. The van der Waals surface area contributed by atoms with Crippen LogP contribution in [0.1, 0.15) is 29.7 Å². The zero-order valence-electron chi connectivity index (χ0n) is 15.1. The van der Waals surface area contributed by atoms with Crippen LogP contribution < -0.4 is 0 Å². The van der Waals surface area contributed by atoms with E-state index in [1.165, 1.54) is 16.7 Å². The smallest absolute Gasteiger partial charge is 0.268 e. The van der Waals surface area contributed by atoms with Gasteiger partial charge in [-0.25, -0.2) is 0 Å². The second-order valence-electron chi connectivity index (χ2n) is 6.79. The van der Waals surface area contributed by atoms with Crippen LogP contribution in [-0.2, 0) is 20.1 Å². The molecule has 2 amide bonds. The number of benzene rings is 1. The summed E-state index contributed by atoms with van der Waals surface area (Å²) in [5.41, 5.74) is 2.36. The molecule has 1 saturated heterocycles. The minimum Gasteiger partial charge on any atom is -0.468 e. The van der Waals surface area contributed by atoms with Gasteiger partial charge in [-0.3, -0.25) is 14.5 Å². The van der Waals surface area contributed by atoms with Gasteiger partial charge in [0.05, 0.1) is 35.1 Å². The summed E-state index contributed by atoms with van der Waals surface area (Å²) >= 11 is 1.36. The molecule has 0 aliphatic carbocycles. The van der Waals surface area contributed by atoms with Gasteiger partial charge in [0, 0.05) is 6.61 Å². The maximum Gasteiger partial charge on any atom is 0.268 e. The highest BCUT2D eigenvalue weighted by Gasteiger charge is 2.40. The molecule has 4 rings (SSSR count). The van der Waals surface area contributed by atoms with Crippen molar-refractivity contribution in [3.63, 3.8) is 0 Å². The lowest BCUT2D eigenvalue weighted by molar-refractivity contribution is -0.138. The van der Waals surface area contributed by atoms with Crippen molar-refractivity contribution in [2.45, 2.75) is 31.6 Å². The Morgan fingerprint density at radius 2 is 1.96 bits per heavy atom. The molecule has 0 spiro atoms. The molecule has 0 radical (unpaired) electrons. The van der Waals surface area contributed by atoms with Gasteiger partial charge in [-0.1, -0.05) is 29.8 Å². The van der Waals surface area contributed by atoms with Crippen LogP contribution in [0.3, 0.4) is 0 Å². The van der Waals surface area contributed by atoms with E-state index in [0.717, 1.165) is 29.7 Å². The Balaban J connectivity index is 1.63. The number of nitrogens with zero attached hydrogens (tertiary/aromatic N) is 1. The molecule has 2 aliphatic heterocycles. The lowest BCUT2D eigenvalue weighted by atomic mass is 10.0. The summed E-state index contributed by atoms with van der Waals surface area (Å²) in [5.74, 6) is 0.808. The normalized spacial score (nSPS) is 20.2. The van der Waals surface area contributed by atoms with Crippen LogP contribution in [0.5, 0.6) is 0 Å². The Morgan fingerprint density at radius 1 is 1.15 bits per heavy atom. The van der Waals surface area contributed by atoms with Gasteiger partial charge in [0.25, 0.3) is 11.8 Å². The third-order valence-electron chi connectivity index (χ3n) is 4.81. The van der Waals surface area contributed by atoms with E-state index in [1.54, 1.807) is 6.26 Å². The second-order valence-corrected chi connectivity index (χ2v) is 7.78. The summed E-state index contributed by atoms with van der Waals surface area (Å²) in [5, 5.41) is 0. The van der Waals surface area contributed by atoms with E-state index in [4.69, 9.17) is 9.15 Å². The first-order valence-electron chi connectivity index (χ1n) is 9.08. The fourth-order valence-electron chi connectivity index (χ4n) is 3.36. The number of thioether (sulfide) groups is 1. The summed E-state index contributed by atoms with van der Waals surface area (Å²) in [6.07, 6.45) is 3.40. The lowest BCUT2D eigenvalue weighted by Crippen LogP contribution is -2.37. The molecular formula is C21H21NO4S. The molecule has 27 heavy (non-hydrogen) atoms. The summed E-state index contributed by atoms with van der Waals surface area (Å²) in [6, 6.07) is 11.4. The molecule has 1 aromatic carbocycles. The Kier molecular flexibility index (Phi) is 5.18. The number of hydrogen-bond donors (Lipinski definition) is 0. The van der Waals surface area contributed by atoms with Crippen LogP contribution in [-0.4, -0.2) is 36.0 Å². The maximum atomic E-state index is 13.1. The first-order valence-corrected chi connectivity index (χ1v) is 10.1. The average Bonchev–Trinajstić information content (AvgIpc) is 3.40. The monoisotopic (exact) mass is 383 g/mol. The van der Waals surface area contributed by atoms with Gasteiger partial charge < -0.3 is 9.15 Å². The van der Waals surface area contributed by atoms with E-state index in [1.807, 2.05) is 43.3 Å². The summed E-state index contributed by atoms with van der Waals surface area (Å²) in [6.45, 7) is 3.01. The zero-order valence-corrected chi connectivity index (χ0v) is 16.0. The Hall–Kier alpha value is -2.31. The summed E-state index contributed by atoms with van der Waals surface area (Å²) < 4.78 is 11.0. The van der Waals surface area contributed by atoms with Crippen LogP contribution in [0.25, 0.3) is 5.57 Å². The van der Waals surface area contributed by atoms with Crippen molar-refractivity contribution in [3.8, 4) is 0 Å². The quantitative estimate of drug-likeness (QED) is 0.711. The first-order chi connectivity index (χ1) is 13.1. The number of amides is 2. The van der Waals surface area contributed by atoms with Gasteiger partial charge in [0.15, 0.2) is 0 Å². The first kappa shape index (κ1) is 18.1. The molecule has 3 heterocycles. The van der Waals surface area contributed by atoms with E-state index >= 15 is 0 Å². The van der Waals surface area contributed by atoms with Gasteiger partial charge in [0.2, 0.25) is 0 Å². The largest absolute Gasteiger partial charge is 0.468 e. The molecule has 0 N–H and O–H groups in total. The number of furan rings is 1. The van der Waals surface area contributed by atoms with Gasteiger partial charge >= 0.3 is 0 Å². The predicted molar refractivity (Wildman–Crippen MR) is 104 cm³/mol. The minimum absolute atomic E-state index is 0.0633. The average molecular weight is 383 g/mol. The molecule has 1 fully saturated rings. The van der Waals surface area contributed by atoms with Crippen molar-refractivity contribution in [1.82, 2.24) is 4.90 Å². The molecule has 0 saturated carbocycles. The van der Waals surface area contributed by atoms with E-state index in [0.29, 0.717) is 29.4 Å². The highest BCUT2D eigenvalue weighted by atomic mass is 32.2. The molecule has 2 aromatic rings. The molecule has 1 aromatic heterocycles. The van der Waals surface area contributed by atoms with E-state index < -0.39 is 0 Å². The van der Waals surface area contributed by atoms with Gasteiger partial charge in [-0.05, 0) is 37.5 Å². The van der Waals surface area contributed by atoms with Gasteiger partial charge in [0.1, 0.15) is 5.76 Å². The van der Waals surface area contributed by atoms with Crippen molar-refractivity contribution < 1.29 is 18.7 Å². The van der Waals surface area contributed by atoms with E-state index in [2.05, 4.69) is 0 Å². The number of rotatable bonds is 6. The molecule has 1 atom stereocenters. The zero-order chi connectivity index (χ0) is 18.8. The van der Waals surface area contributed by atoms with E-state index in [-0.39, 0.29) is 17.9 Å². The van der Waals surface area contributed by atoms with Crippen molar-refractivity contribution >= 4 is 29.1 Å². The van der Waals surface area contributed by atoms with Crippen molar-refractivity contribution in [2.24, 2.45) is 0 Å². The molecule has 0 bridgehead atoms. The number of aryl methyl sites for hydroxylation is 1. The standard InChI is InChI=1S/C21H21NO4S/c1-14-6-8-15(9-7-14)18-19(27-13-17-5-3-11-26-17)21(24)22(20(18)23)12-16-4-2-10-25-16/h3,5-9,11,16H,2,4,10,12-13H2,1H3. The lowest BCUT2D eigenvalue weighted by Gasteiger charge is -2.19. The molecule has 2 aliphatic rings. The second kappa shape index (κ2) is 7.74. The highest BCUT2D eigenvalue weighted by Crippen LogP contribution is 2.38. The SMILES string of the molecule is Cc1ccc(C2=C(SCc3ccco3)C(=O)N(CC3CCCO3)C2=O)cc1. The Morgan fingerprint density at radius 3 is 2.63 bits per heavy atom. The topological polar surface area (TPSA) is 59.8 Å². The molecule has 6 heteroatoms. The predicted octanol–water partition coefficient (Wildman–Crippen LogP) is 3.78. The van der Waals surface area contributed by atoms with Crippen molar-refractivity contribution in [2.75, 3.05) is 13.2 Å². The molecular weight excluding hydrogens is 362 g/mol. The number of carbonyl (C=O) groups excluding carboxylic acids is 2. The Bertz CT molecular complexity index is 864. The van der Waals surface area contributed by atoms with E-state index in [9.17, 15) is 9.59 Å². The van der Waals surface area contributed by atoms with Gasteiger partial charge in [-0.15, -0.1) is 11.8 Å². The molecule has 140 valence electrons. The number of hydrogen-bond acceptors (Lipinski definition) is 5. The Labute approximate surface area is 162 Å². The number of ether oxygens (including phenoxy) is 1. The number of carbonyl (C=O) groups is 2. The van der Waals surface area contributed by atoms with Crippen molar-refractivity contribution in [3.05, 3.63) is 64.5 Å². The maximum absolute atomic E-state index is 13.1. The van der Waals surface area contributed by atoms with Crippen LogP contribution in [0.15, 0.2) is 52.0 Å². The number of imide groups is 1. The molecule has 5 nitrogen and oxygen atoms in total. The van der Waals surface area contributed by atoms with Crippen molar-refractivity contribution in [1.29, 1.82) is 0 Å². The fraction of sp³-hybridized carbons (Fsp3) is 0.333. The van der Waals surface area contributed by atoms with Crippen LogP contribution >= 0.6 is 11.8 Å². The van der Waals surface area contributed by atoms with Gasteiger partial charge in [-0.2, -0.15) is 0 Å². The third kappa shape index (κ3) is 3.73. The molecule has 1 unspecified atom stereocenters. The highest BCUT2D eigenvalue weighted by molar-refractivity contribution is 8.03. The van der Waals surface area contributed by atoms with Crippen LogP contribution in [0.4, 0.5) is 0 Å². The van der Waals surface area contributed by atoms with Crippen LogP contribution in [0.2, 0.25) is 0 Å². The van der Waals surface area contributed by atoms with Crippen LogP contribution in [0, 0.1) is 6.92 Å². The minimum atomic E-state index is -0.235. The fourth-order valence-corrected chi connectivity index (χ4v) is 4.39.